The number of amides is 2. The van der Waals surface area contributed by atoms with Crippen molar-refractivity contribution >= 4 is 6.03 Å². The Labute approximate surface area is 117 Å². The number of carbonyl (C=O) groups is 1. The molecule has 0 aromatic heterocycles. The fourth-order valence-electron chi connectivity index (χ4n) is 2.30. The molecule has 1 fully saturated rings. The topological polar surface area (TPSA) is 61.8 Å². The second kappa shape index (κ2) is 6.56. The van der Waals surface area contributed by atoms with Crippen LogP contribution < -0.4 is 10.1 Å². The fraction of sp³-hybridized carbons (Fsp3) is 0.500. The Bertz CT molecular complexity index is 481. The number of hydrogen-bond donors (Lipinski definition) is 2. The smallest absolute Gasteiger partial charge is 0.317 e. The van der Waals surface area contributed by atoms with Crippen LogP contribution in [0.3, 0.4) is 0 Å². The number of aliphatic hydroxyl groups excluding tert-OH is 1. The van der Waals surface area contributed by atoms with Gasteiger partial charge in [0.25, 0.3) is 0 Å². The summed E-state index contributed by atoms with van der Waals surface area (Å²) in [7, 11) is 1.47. The zero-order valence-corrected chi connectivity index (χ0v) is 11.4. The van der Waals surface area contributed by atoms with Crippen LogP contribution in [-0.2, 0) is 6.54 Å². The Kier molecular flexibility index (Phi) is 4.79. The molecule has 2 amide bonds. The van der Waals surface area contributed by atoms with Gasteiger partial charge >= 0.3 is 6.03 Å². The summed E-state index contributed by atoms with van der Waals surface area (Å²) >= 11 is 0. The highest BCUT2D eigenvalue weighted by atomic mass is 19.1. The molecule has 110 valence electrons. The summed E-state index contributed by atoms with van der Waals surface area (Å²) in [5, 5.41) is 11.8. The lowest BCUT2D eigenvalue weighted by molar-refractivity contribution is 0.198. The van der Waals surface area contributed by atoms with Crippen molar-refractivity contribution in [2.75, 3.05) is 26.8 Å². The van der Waals surface area contributed by atoms with E-state index in [1.807, 2.05) is 0 Å². The van der Waals surface area contributed by atoms with Crippen molar-refractivity contribution in [3.05, 3.63) is 29.6 Å². The second-order valence-corrected chi connectivity index (χ2v) is 4.94. The Morgan fingerprint density at radius 2 is 2.35 bits per heavy atom. The highest BCUT2D eigenvalue weighted by molar-refractivity contribution is 5.74. The van der Waals surface area contributed by atoms with E-state index in [4.69, 9.17) is 9.84 Å². The van der Waals surface area contributed by atoms with Gasteiger partial charge in [-0.2, -0.15) is 0 Å². The highest BCUT2D eigenvalue weighted by Gasteiger charge is 2.25. The lowest BCUT2D eigenvalue weighted by atomic mass is 10.1. The molecule has 1 aliphatic rings. The number of methoxy groups -OCH3 is 1. The first kappa shape index (κ1) is 14.6. The maximum Gasteiger partial charge on any atom is 0.317 e. The average Bonchev–Trinajstić information content (AvgIpc) is 2.93. The molecule has 6 heteroatoms. The number of likely N-dealkylation sites (tertiary alicyclic amines) is 1. The molecule has 0 aliphatic carbocycles. The number of nitrogens with one attached hydrogen (secondary N) is 1. The molecule has 0 saturated carbocycles. The molecule has 5 nitrogen and oxygen atoms in total. The predicted octanol–water partition coefficient (Wildman–Crippen LogP) is 1.36. The molecule has 1 unspecified atom stereocenters. The standard InChI is InChI=1S/C14H19FN2O3/c1-20-13-5-11(4-12(15)6-13)7-16-14(19)17-3-2-10(8-17)9-18/h4-6,10,18H,2-3,7-9H2,1H3,(H,16,19). The van der Waals surface area contributed by atoms with Gasteiger partial charge in [-0.05, 0) is 24.1 Å². The molecule has 0 radical (unpaired) electrons. The summed E-state index contributed by atoms with van der Waals surface area (Å²) in [5.74, 6) is 0.195. The summed E-state index contributed by atoms with van der Waals surface area (Å²) in [6, 6.07) is 4.15. The van der Waals surface area contributed by atoms with Crippen molar-refractivity contribution in [2.24, 2.45) is 5.92 Å². The number of urea groups is 1. The molecule has 20 heavy (non-hydrogen) atoms. The molecule has 0 spiro atoms. The minimum Gasteiger partial charge on any atom is -0.497 e. The van der Waals surface area contributed by atoms with Crippen LogP contribution in [0.15, 0.2) is 18.2 Å². The van der Waals surface area contributed by atoms with Crippen LogP contribution in [0.4, 0.5) is 9.18 Å². The summed E-state index contributed by atoms with van der Waals surface area (Å²) in [5.41, 5.74) is 0.646. The van der Waals surface area contributed by atoms with Gasteiger partial charge in [0.15, 0.2) is 0 Å². The van der Waals surface area contributed by atoms with Gasteiger partial charge in [0.2, 0.25) is 0 Å². The monoisotopic (exact) mass is 282 g/mol. The van der Waals surface area contributed by atoms with Crippen molar-refractivity contribution in [1.82, 2.24) is 10.2 Å². The fourth-order valence-corrected chi connectivity index (χ4v) is 2.30. The minimum absolute atomic E-state index is 0.102. The van der Waals surface area contributed by atoms with Crippen LogP contribution in [0.5, 0.6) is 5.75 Å². The molecule has 1 aromatic carbocycles. The van der Waals surface area contributed by atoms with Crippen molar-refractivity contribution in [3.8, 4) is 5.75 Å². The lowest BCUT2D eigenvalue weighted by Crippen LogP contribution is -2.38. The van der Waals surface area contributed by atoms with Crippen molar-refractivity contribution < 1.29 is 19.0 Å². The first-order valence-corrected chi connectivity index (χ1v) is 6.59. The van der Waals surface area contributed by atoms with E-state index in [9.17, 15) is 9.18 Å². The van der Waals surface area contributed by atoms with E-state index in [0.717, 1.165) is 6.42 Å². The van der Waals surface area contributed by atoms with E-state index in [2.05, 4.69) is 5.32 Å². The largest absolute Gasteiger partial charge is 0.497 e. The molecule has 2 rings (SSSR count). The maximum atomic E-state index is 13.3. The number of hydrogen-bond acceptors (Lipinski definition) is 3. The molecular formula is C14H19FN2O3. The van der Waals surface area contributed by atoms with Gasteiger partial charge in [-0.3, -0.25) is 0 Å². The molecule has 1 atom stereocenters. The van der Waals surface area contributed by atoms with Gasteiger partial charge in [0, 0.05) is 38.2 Å². The van der Waals surface area contributed by atoms with E-state index in [1.54, 1.807) is 11.0 Å². The first-order valence-electron chi connectivity index (χ1n) is 6.59. The van der Waals surface area contributed by atoms with Crippen molar-refractivity contribution in [3.63, 3.8) is 0 Å². The van der Waals surface area contributed by atoms with Crippen LogP contribution in [0, 0.1) is 11.7 Å². The molecule has 0 bridgehead atoms. The Balaban J connectivity index is 1.89. The van der Waals surface area contributed by atoms with E-state index >= 15 is 0 Å². The van der Waals surface area contributed by atoms with Crippen LogP contribution in [0.1, 0.15) is 12.0 Å². The molecule has 1 aromatic rings. The normalized spacial score (nSPS) is 18.1. The van der Waals surface area contributed by atoms with Crippen LogP contribution >= 0.6 is 0 Å². The van der Waals surface area contributed by atoms with E-state index in [1.165, 1.54) is 19.2 Å². The minimum atomic E-state index is -0.393. The second-order valence-electron chi connectivity index (χ2n) is 4.94. The Hall–Kier alpha value is -1.82. The Morgan fingerprint density at radius 3 is 3.00 bits per heavy atom. The summed E-state index contributed by atoms with van der Waals surface area (Å²) < 4.78 is 18.3. The third kappa shape index (κ3) is 3.60. The number of benzene rings is 1. The summed E-state index contributed by atoms with van der Waals surface area (Å²) in [4.78, 5) is 13.6. The quantitative estimate of drug-likeness (QED) is 0.876. The van der Waals surface area contributed by atoms with E-state index in [-0.39, 0.29) is 25.1 Å². The number of halogens is 1. The van der Waals surface area contributed by atoms with Gasteiger partial charge in [0.1, 0.15) is 11.6 Å². The molecule has 1 aliphatic heterocycles. The molecule has 1 heterocycles. The van der Waals surface area contributed by atoms with Gasteiger partial charge < -0.3 is 20.1 Å². The number of nitrogens with zero attached hydrogens (tertiary/aromatic N) is 1. The van der Waals surface area contributed by atoms with Gasteiger partial charge in [0.05, 0.1) is 7.11 Å². The summed E-state index contributed by atoms with van der Waals surface area (Å²) in [6.07, 6.45) is 0.817. The van der Waals surface area contributed by atoms with Crippen LogP contribution in [0.25, 0.3) is 0 Å². The van der Waals surface area contributed by atoms with Crippen LogP contribution in [0.2, 0.25) is 0 Å². The molecule has 1 saturated heterocycles. The lowest BCUT2D eigenvalue weighted by Gasteiger charge is -2.17. The highest BCUT2D eigenvalue weighted by Crippen LogP contribution is 2.17. The van der Waals surface area contributed by atoms with E-state index < -0.39 is 5.82 Å². The number of carbonyl (C=O) groups excluding carboxylic acids is 1. The van der Waals surface area contributed by atoms with Crippen molar-refractivity contribution in [1.29, 1.82) is 0 Å². The molecule has 2 N–H and O–H groups in total. The maximum absolute atomic E-state index is 13.3. The first-order chi connectivity index (χ1) is 9.62. The zero-order valence-electron chi connectivity index (χ0n) is 11.4. The van der Waals surface area contributed by atoms with Gasteiger partial charge in [-0.15, -0.1) is 0 Å². The number of ether oxygens (including phenoxy) is 1. The van der Waals surface area contributed by atoms with Crippen LogP contribution in [-0.4, -0.2) is 42.8 Å². The zero-order chi connectivity index (χ0) is 14.5. The van der Waals surface area contributed by atoms with Gasteiger partial charge in [-0.25, -0.2) is 9.18 Å². The average molecular weight is 282 g/mol. The number of rotatable bonds is 4. The van der Waals surface area contributed by atoms with Gasteiger partial charge in [-0.1, -0.05) is 0 Å². The third-order valence-corrected chi connectivity index (χ3v) is 3.44. The van der Waals surface area contributed by atoms with Crippen molar-refractivity contribution in [2.45, 2.75) is 13.0 Å². The third-order valence-electron chi connectivity index (χ3n) is 3.44. The SMILES string of the molecule is COc1cc(F)cc(CNC(=O)N2CCC(CO)C2)c1. The molecular weight excluding hydrogens is 263 g/mol. The predicted molar refractivity (Wildman–Crippen MR) is 72.0 cm³/mol. The number of aliphatic hydroxyl groups is 1. The van der Waals surface area contributed by atoms with E-state index in [0.29, 0.717) is 24.4 Å². The Morgan fingerprint density at radius 1 is 1.55 bits per heavy atom. The summed E-state index contributed by atoms with van der Waals surface area (Å²) in [6.45, 7) is 1.55.